The lowest BCUT2D eigenvalue weighted by Crippen LogP contribution is -2.46. The van der Waals surface area contributed by atoms with E-state index >= 15 is 0 Å². The second kappa shape index (κ2) is 8.32. The molecule has 0 saturated heterocycles. The van der Waals surface area contributed by atoms with Crippen LogP contribution in [-0.2, 0) is 23.6 Å². The summed E-state index contributed by atoms with van der Waals surface area (Å²) in [5, 5.41) is 2.24. The number of Topliss-reactive ketones (excluding diaryl/α,β-unsaturated/α-hetero) is 1. The SMILES string of the molecule is CC(C)C[C@H](NC(N)=O)C(=O)OCC(=O)c1c(N)n(C)c(=O)n(C)c1=O. The van der Waals surface area contributed by atoms with Crippen molar-refractivity contribution in [3.8, 4) is 0 Å². The molecule has 0 aliphatic rings. The number of aromatic nitrogens is 2. The first-order valence-corrected chi connectivity index (χ1v) is 7.78. The third-order valence-corrected chi connectivity index (χ3v) is 3.64. The molecule has 0 aromatic carbocycles. The van der Waals surface area contributed by atoms with Crippen LogP contribution in [0.25, 0.3) is 0 Å². The molecule has 144 valence electrons. The first kappa shape index (κ1) is 20.9. The number of nitrogens with one attached hydrogen (secondary N) is 1. The van der Waals surface area contributed by atoms with Gasteiger partial charge in [0, 0.05) is 14.1 Å². The van der Waals surface area contributed by atoms with Crippen LogP contribution in [0.1, 0.15) is 30.6 Å². The number of hydrogen-bond donors (Lipinski definition) is 3. The maximum atomic E-state index is 12.3. The van der Waals surface area contributed by atoms with E-state index in [-0.39, 0.29) is 18.2 Å². The molecule has 0 unspecified atom stereocenters. The largest absolute Gasteiger partial charge is 0.456 e. The third kappa shape index (κ3) is 4.71. The van der Waals surface area contributed by atoms with E-state index in [1.807, 2.05) is 13.8 Å². The van der Waals surface area contributed by atoms with Gasteiger partial charge in [0.25, 0.3) is 5.56 Å². The van der Waals surface area contributed by atoms with E-state index in [9.17, 15) is 24.0 Å². The second-order valence-corrected chi connectivity index (χ2v) is 6.19. The molecule has 0 fully saturated rings. The Kier molecular flexibility index (Phi) is 6.70. The fraction of sp³-hybridized carbons (Fsp3) is 0.533. The molecule has 0 bridgehead atoms. The van der Waals surface area contributed by atoms with Gasteiger partial charge in [-0.05, 0) is 12.3 Å². The Bertz CT molecular complexity index is 838. The van der Waals surface area contributed by atoms with Gasteiger partial charge in [0.05, 0.1) is 0 Å². The van der Waals surface area contributed by atoms with Crippen LogP contribution >= 0.6 is 0 Å². The summed E-state index contributed by atoms with van der Waals surface area (Å²) in [6.45, 7) is 2.87. The summed E-state index contributed by atoms with van der Waals surface area (Å²) in [7, 11) is 2.50. The lowest BCUT2D eigenvalue weighted by atomic mass is 10.0. The van der Waals surface area contributed by atoms with Gasteiger partial charge in [-0.25, -0.2) is 14.4 Å². The smallest absolute Gasteiger partial charge is 0.332 e. The second-order valence-electron chi connectivity index (χ2n) is 6.19. The number of amides is 2. The summed E-state index contributed by atoms with van der Waals surface area (Å²) in [5.41, 5.74) is 8.66. The standard InChI is InChI=1S/C15H23N5O6/c1-7(2)5-8(18-14(17)24)13(23)26-6-9(21)10-11(16)19(3)15(25)20(4)12(10)22/h7-8H,5-6,16H2,1-4H3,(H3,17,18,24)/t8-/m0/s1. The fourth-order valence-electron chi connectivity index (χ4n) is 2.29. The number of nitrogens with zero attached hydrogens (tertiary/aromatic N) is 2. The van der Waals surface area contributed by atoms with Gasteiger partial charge in [-0.1, -0.05) is 13.8 Å². The Morgan fingerprint density at radius 3 is 2.23 bits per heavy atom. The number of ether oxygens (including phenoxy) is 1. The normalized spacial score (nSPS) is 11.9. The van der Waals surface area contributed by atoms with Gasteiger partial charge in [0.15, 0.2) is 6.61 Å². The van der Waals surface area contributed by atoms with Crippen molar-refractivity contribution in [3.63, 3.8) is 0 Å². The Morgan fingerprint density at radius 1 is 1.15 bits per heavy atom. The van der Waals surface area contributed by atoms with Crippen LogP contribution < -0.4 is 28.0 Å². The number of urea groups is 1. The molecular weight excluding hydrogens is 346 g/mol. The summed E-state index contributed by atoms with van der Waals surface area (Å²) in [6, 6.07) is -1.93. The lowest BCUT2D eigenvalue weighted by molar-refractivity contribution is -0.145. The molecule has 1 heterocycles. The number of nitrogens with two attached hydrogens (primary N) is 2. The minimum absolute atomic E-state index is 0.0432. The van der Waals surface area contributed by atoms with Crippen molar-refractivity contribution >= 4 is 23.6 Å². The van der Waals surface area contributed by atoms with Crippen molar-refractivity contribution in [2.45, 2.75) is 26.3 Å². The number of anilines is 1. The monoisotopic (exact) mass is 369 g/mol. The minimum atomic E-state index is -1.03. The molecule has 11 heteroatoms. The topological polar surface area (TPSA) is 169 Å². The Labute approximate surface area is 148 Å². The predicted molar refractivity (Wildman–Crippen MR) is 92.6 cm³/mol. The zero-order valence-corrected chi connectivity index (χ0v) is 15.1. The Hall–Kier alpha value is -3.11. The van der Waals surface area contributed by atoms with E-state index in [0.717, 1.165) is 9.13 Å². The van der Waals surface area contributed by atoms with Gasteiger partial charge in [0.2, 0.25) is 5.78 Å². The van der Waals surface area contributed by atoms with Gasteiger partial charge in [-0.2, -0.15) is 0 Å². The zero-order valence-electron chi connectivity index (χ0n) is 15.1. The van der Waals surface area contributed by atoms with Gasteiger partial charge >= 0.3 is 17.7 Å². The average Bonchev–Trinajstić information content (AvgIpc) is 2.54. The van der Waals surface area contributed by atoms with E-state index in [0.29, 0.717) is 0 Å². The van der Waals surface area contributed by atoms with Crippen molar-refractivity contribution in [3.05, 3.63) is 26.4 Å². The van der Waals surface area contributed by atoms with Crippen LogP contribution in [-0.4, -0.2) is 39.6 Å². The average molecular weight is 369 g/mol. The van der Waals surface area contributed by atoms with Crippen molar-refractivity contribution in [1.29, 1.82) is 0 Å². The van der Waals surface area contributed by atoms with Crippen LogP contribution in [0.15, 0.2) is 9.59 Å². The molecule has 0 radical (unpaired) electrons. The van der Waals surface area contributed by atoms with Crippen molar-refractivity contribution in [2.75, 3.05) is 12.3 Å². The summed E-state index contributed by atoms with van der Waals surface area (Å²) in [4.78, 5) is 59.2. The minimum Gasteiger partial charge on any atom is -0.456 e. The zero-order chi connectivity index (χ0) is 20.2. The third-order valence-electron chi connectivity index (χ3n) is 3.64. The molecule has 0 spiro atoms. The van der Waals surface area contributed by atoms with Crippen LogP contribution in [0, 0.1) is 5.92 Å². The van der Waals surface area contributed by atoms with Crippen molar-refractivity contribution in [2.24, 2.45) is 25.7 Å². The summed E-state index contributed by atoms with van der Waals surface area (Å²) >= 11 is 0. The van der Waals surface area contributed by atoms with Crippen LogP contribution in [0.5, 0.6) is 0 Å². The van der Waals surface area contributed by atoms with Crippen molar-refractivity contribution in [1.82, 2.24) is 14.5 Å². The van der Waals surface area contributed by atoms with Crippen molar-refractivity contribution < 1.29 is 19.1 Å². The molecule has 1 rings (SSSR count). The number of ketones is 1. The van der Waals surface area contributed by atoms with E-state index in [1.165, 1.54) is 14.1 Å². The molecule has 0 aliphatic heterocycles. The van der Waals surface area contributed by atoms with Gasteiger partial charge in [0.1, 0.15) is 17.4 Å². The summed E-state index contributed by atoms with van der Waals surface area (Å²) in [6.07, 6.45) is 0.250. The molecule has 0 aliphatic carbocycles. The fourth-order valence-corrected chi connectivity index (χ4v) is 2.29. The maximum Gasteiger partial charge on any atom is 0.332 e. The molecule has 2 amide bonds. The molecule has 1 atom stereocenters. The molecule has 1 aromatic rings. The first-order chi connectivity index (χ1) is 12.0. The first-order valence-electron chi connectivity index (χ1n) is 7.78. The van der Waals surface area contributed by atoms with E-state index in [2.05, 4.69) is 5.32 Å². The van der Waals surface area contributed by atoms with E-state index < -0.39 is 47.2 Å². The Morgan fingerprint density at radius 2 is 1.73 bits per heavy atom. The summed E-state index contributed by atoms with van der Waals surface area (Å²) in [5.74, 6) is -2.02. The number of carbonyl (C=O) groups is 3. The lowest BCUT2D eigenvalue weighted by Gasteiger charge is -2.18. The van der Waals surface area contributed by atoms with E-state index in [1.54, 1.807) is 0 Å². The molecule has 26 heavy (non-hydrogen) atoms. The molecule has 5 N–H and O–H groups in total. The molecule has 1 aromatic heterocycles. The van der Waals surface area contributed by atoms with Gasteiger partial charge < -0.3 is 21.5 Å². The highest BCUT2D eigenvalue weighted by atomic mass is 16.5. The summed E-state index contributed by atoms with van der Waals surface area (Å²) < 4.78 is 6.55. The predicted octanol–water partition coefficient (Wildman–Crippen LogP) is -1.52. The maximum absolute atomic E-state index is 12.3. The van der Waals surface area contributed by atoms with Gasteiger partial charge in [-0.3, -0.25) is 18.7 Å². The molecule has 0 saturated carbocycles. The molecule has 11 nitrogen and oxygen atoms in total. The van der Waals surface area contributed by atoms with Crippen LogP contribution in [0.4, 0.5) is 10.6 Å². The van der Waals surface area contributed by atoms with Gasteiger partial charge in [-0.15, -0.1) is 0 Å². The highest BCUT2D eigenvalue weighted by Crippen LogP contribution is 2.08. The molecular formula is C15H23N5O6. The highest BCUT2D eigenvalue weighted by molar-refractivity contribution is 6.01. The number of esters is 1. The number of nitrogen functional groups attached to an aromatic ring is 1. The highest BCUT2D eigenvalue weighted by Gasteiger charge is 2.25. The van der Waals surface area contributed by atoms with E-state index in [4.69, 9.17) is 16.2 Å². The number of carbonyl (C=O) groups excluding carboxylic acids is 3. The van der Waals surface area contributed by atoms with Crippen LogP contribution in [0.2, 0.25) is 0 Å². The van der Waals surface area contributed by atoms with Crippen LogP contribution in [0.3, 0.4) is 0 Å². The number of hydrogen-bond acceptors (Lipinski definition) is 7. The number of primary amides is 1. The Balaban J connectivity index is 2.99. The quantitative estimate of drug-likeness (QED) is 0.387. The number of rotatable bonds is 7.